The molecule has 3 aliphatic rings. The van der Waals surface area contributed by atoms with Crippen LogP contribution in [0.2, 0.25) is 0 Å². The van der Waals surface area contributed by atoms with Crippen molar-refractivity contribution in [1.29, 1.82) is 0 Å². The minimum absolute atomic E-state index is 0.131. The molecule has 11 nitrogen and oxygen atoms in total. The number of nitrogens with two attached hydrogens (primary N) is 2. The van der Waals surface area contributed by atoms with Gasteiger partial charge in [0.2, 0.25) is 0 Å². The summed E-state index contributed by atoms with van der Waals surface area (Å²) in [5.74, 6) is 6.59. The molecule has 5 heterocycles. The number of aromatic nitrogens is 3. The van der Waals surface area contributed by atoms with Crippen LogP contribution in [-0.2, 0) is 27.2 Å². The van der Waals surface area contributed by atoms with Crippen LogP contribution in [0.5, 0.6) is 0 Å². The van der Waals surface area contributed by atoms with Crippen molar-refractivity contribution in [2.75, 3.05) is 31.2 Å². The van der Waals surface area contributed by atoms with Crippen molar-refractivity contribution in [3.05, 3.63) is 47.1 Å². The SMILES string of the molecule is Cc1nc2cc3nn2c(c1CC(=O)O)N1CCC(C)(CC1)OC/C=C/COC(CC(C)C)/C(N)=C/N(N)C3. The lowest BCUT2D eigenvalue weighted by Crippen LogP contribution is -2.45. The second-order valence-electron chi connectivity index (χ2n) is 10.9. The molecule has 4 bridgehead atoms. The number of carboxylic acid groups (broad SMARTS) is 1. The molecule has 2 aromatic rings. The molecule has 3 aliphatic heterocycles. The van der Waals surface area contributed by atoms with Gasteiger partial charge in [-0.05, 0) is 39.0 Å². The van der Waals surface area contributed by atoms with E-state index in [4.69, 9.17) is 26.1 Å². The minimum Gasteiger partial charge on any atom is -0.481 e. The molecule has 0 saturated carbocycles. The third-order valence-electron chi connectivity index (χ3n) is 7.18. The monoisotopic (exact) mass is 527 g/mol. The number of aryl methyl sites for hydroxylation is 1. The lowest BCUT2D eigenvalue weighted by molar-refractivity contribution is -0.136. The number of piperidine rings is 1. The van der Waals surface area contributed by atoms with Gasteiger partial charge in [-0.2, -0.15) is 9.61 Å². The van der Waals surface area contributed by atoms with E-state index in [0.717, 1.165) is 25.1 Å². The Bertz CT molecular complexity index is 1200. The van der Waals surface area contributed by atoms with Gasteiger partial charge in [0, 0.05) is 36.6 Å². The molecular weight excluding hydrogens is 486 g/mol. The first-order valence-electron chi connectivity index (χ1n) is 13.3. The summed E-state index contributed by atoms with van der Waals surface area (Å²) in [5.41, 5.74) is 9.39. The van der Waals surface area contributed by atoms with Crippen LogP contribution in [0.15, 0.2) is 30.1 Å². The van der Waals surface area contributed by atoms with E-state index < -0.39 is 5.97 Å². The van der Waals surface area contributed by atoms with E-state index in [1.807, 2.05) is 25.1 Å². The number of aliphatic carboxylic acids is 1. The van der Waals surface area contributed by atoms with Gasteiger partial charge in [-0.3, -0.25) is 4.79 Å². The number of hydrazine groups is 1. The maximum atomic E-state index is 11.8. The van der Waals surface area contributed by atoms with E-state index in [2.05, 4.69) is 30.7 Å². The normalized spacial score (nSPS) is 25.7. The van der Waals surface area contributed by atoms with Crippen LogP contribution in [0.4, 0.5) is 5.82 Å². The van der Waals surface area contributed by atoms with Crippen molar-refractivity contribution in [2.45, 2.75) is 71.6 Å². The Morgan fingerprint density at radius 2 is 1.97 bits per heavy atom. The maximum absolute atomic E-state index is 11.8. The lowest BCUT2D eigenvalue weighted by Gasteiger charge is -2.40. The topological polar surface area (TPSA) is 144 Å². The Kier molecular flexibility index (Phi) is 8.59. The van der Waals surface area contributed by atoms with E-state index in [9.17, 15) is 9.90 Å². The molecular formula is C27H41N7O4. The summed E-state index contributed by atoms with van der Waals surface area (Å²) in [5, 5.41) is 16.0. The van der Waals surface area contributed by atoms with Gasteiger partial charge in [-0.25, -0.2) is 10.8 Å². The fourth-order valence-electron chi connectivity index (χ4n) is 5.07. The Hall–Kier alpha value is -3.15. The Morgan fingerprint density at radius 3 is 2.66 bits per heavy atom. The molecule has 1 fully saturated rings. The van der Waals surface area contributed by atoms with Crippen molar-refractivity contribution in [1.82, 2.24) is 19.6 Å². The predicted octanol–water partition coefficient (Wildman–Crippen LogP) is 2.52. The lowest BCUT2D eigenvalue weighted by atomic mass is 9.93. The summed E-state index contributed by atoms with van der Waals surface area (Å²) >= 11 is 0. The zero-order valence-electron chi connectivity index (χ0n) is 22.9. The number of carboxylic acids is 1. The first-order valence-corrected chi connectivity index (χ1v) is 13.3. The summed E-state index contributed by atoms with van der Waals surface area (Å²) in [6.07, 6.45) is 7.61. The summed E-state index contributed by atoms with van der Waals surface area (Å²) < 4.78 is 14.1. The average Bonchev–Trinajstić information content (AvgIpc) is 3.22. The van der Waals surface area contributed by atoms with Gasteiger partial charge >= 0.3 is 5.97 Å². The third kappa shape index (κ3) is 6.64. The molecule has 11 heteroatoms. The number of ether oxygens (including phenoxy) is 2. The smallest absolute Gasteiger partial charge is 0.308 e. The van der Waals surface area contributed by atoms with Gasteiger partial charge in [0.15, 0.2) is 5.65 Å². The molecule has 0 aromatic carbocycles. The van der Waals surface area contributed by atoms with E-state index in [1.54, 1.807) is 10.7 Å². The molecule has 1 unspecified atom stereocenters. The second-order valence-corrected chi connectivity index (χ2v) is 10.9. The van der Waals surface area contributed by atoms with Gasteiger partial charge in [0.25, 0.3) is 0 Å². The molecule has 0 spiro atoms. The van der Waals surface area contributed by atoms with Crippen LogP contribution in [0.3, 0.4) is 0 Å². The Labute approximate surface area is 224 Å². The summed E-state index contributed by atoms with van der Waals surface area (Å²) in [6.45, 7) is 10.9. The summed E-state index contributed by atoms with van der Waals surface area (Å²) in [6, 6.07) is 1.88. The number of hydrogen-bond acceptors (Lipinski definition) is 9. The molecule has 38 heavy (non-hydrogen) atoms. The number of fused-ring (bicyclic) bond motifs is 10. The third-order valence-corrected chi connectivity index (χ3v) is 7.18. The molecule has 2 aromatic heterocycles. The molecule has 0 aliphatic carbocycles. The fourth-order valence-corrected chi connectivity index (χ4v) is 5.07. The number of hydrogen-bond donors (Lipinski definition) is 3. The van der Waals surface area contributed by atoms with Crippen LogP contribution in [0, 0.1) is 12.8 Å². The molecule has 1 atom stereocenters. The van der Waals surface area contributed by atoms with E-state index in [1.165, 1.54) is 5.01 Å². The summed E-state index contributed by atoms with van der Waals surface area (Å²) in [7, 11) is 0. The number of anilines is 1. The van der Waals surface area contributed by atoms with Crippen LogP contribution in [-0.4, -0.2) is 68.7 Å². The minimum atomic E-state index is -0.905. The largest absolute Gasteiger partial charge is 0.481 e. The Balaban J connectivity index is 1.75. The van der Waals surface area contributed by atoms with Crippen molar-refractivity contribution in [2.24, 2.45) is 17.5 Å². The summed E-state index contributed by atoms with van der Waals surface area (Å²) in [4.78, 5) is 18.7. The fraction of sp³-hybridized carbons (Fsp3) is 0.593. The Morgan fingerprint density at radius 1 is 1.26 bits per heavy atom. The van der Waals surface area contributed by atoms with Gasteiger partial charge in [0.05, 0.1) is 49.3 Å². The average molecular weight is 528 g/mol. The number of rotatable bonds is 4. The molecule has 5 rings (SSSR count). The zero-order chi connectivity index (χ0) is 27.4. The quantitative estimate of drug-likeness (QED) is 0.401. The highest BCUT2D eigenvalue weighted by atomic mass is 16.5. The van der Waals surface area contributed by atoms with E-state index in [0.29, 0.717) is 67.1 Å². The first kappa shape index (κ1) is 27.9. The first-order chi connectivity index (χ1) is 18.0. The molecule has 0 radical (unpaired) electrons. The van der Waals surface area contributed by atoms with Crippen molar-refractivity contribution in [3.63, 3.8) is 0 Å². The molecule has 5 N–H and O–H groups in total. The predicted molar refractivity (Wildman–Crippen MR) is 145 cm³/mol. The molecule has 0 amide bonds. The van der Waals surface area contributed by atoms with Gasteiger partial charge < -0.3 is 30.2 Å². The van der Waals surface area contributed by atoms with Gasteiger partial charge in [0.1, 0.15) is 5.82 Å². The maximum Gasteiger partial charge on any atom is 0.308 e. The molecule has 208 valence electrons. The van der Waals surface area contributed by atoms with Gasteiger partial charge in [-0.15, -0.1) is 0 Å². The van der Waals surface area contributed by atoms with Crippen LogP contribution in [0.25, 0.3) is 5.65 Å². The zero-order valence-corrected chi connectivity index (χ0v) is 22.9. The van der Waals surface area contributed by atoms with Crippen LogP contribution < -0.4 is 16.5 Å². The highest BCUT2D eigenvalue weighted by molar-refractivity contribution is 5.74. The van der Waals surface area contributed by atoms with Crippen molar-refractivity contribution in [3.8, 4) is 0 Å². The highest BCUT2D eigenvalue weighted by Gasteiger charge is 2.33. The standard InChI is InChI=1S/C27H41N7O4/c1-18(2)13-23-22(28)17-33(29)16-20-14-24-30-19(3)21(15-25(35)36)26(34(24)31-20)32-9-7-27(4,8-10-32)38-12-6-5-11-37-23/h5-6,14,17-18,23H,7-13,15-16,28-29H2,1-4H3,(H,35,36)/b6-5+,22-17-. The van der Waals surface area contributed by atoms with E-state index in [-0.39, 0.29) is 18.1 Å². The number of carbonyl (C=O) groups is 1. The molecule has 1 saturated heterocycles. The van der Waals surface area contributed by atoms with Crippen molar-refractivity contribution < 1.29 is 19.4 Å². The second kappa shape index (κ2) is 11.7. The van der Waals surface area contributed by atoms with Crippen LogP contribution >= 0.6 is 0 Å². The highest BCUT2D eigenvalue weighted by Crippen LogP contribution is 2.32. The van der Waals surface area contributed by atoms with Crippen LogP contribution in [0.1, 0.15) is 57.0 Å². The van der Waals surface area contributed by atoms with Gasteiger partial charge in [-0.1, -0.05) is 26.0 Å². The number of nitrogens with zero attached hydrogens (tertiary/aromatic N) is 5. The van der Waals surface area contributed by atoms with E-state index >= 15 is 0 Å². The van der Waals surface area contributed by atoms with Crippen molar-refractivity contribution >= 4 is 17.4 Å².